The molecule has 0 atom stereocenters. The van der Waals surface area contributed by atoms with E-state index in [9.17, 15) is 14.4 Å². The van der Waals surface area contributed by atoms with Crippen LogP contribution in [0.15, 0.2) is 18.2 Å². The number of urea groups is 1. The summed E-state index contributed by atoms with van der Waals surface area (Å²) in [5.41, 5.74) is 6.54. The summed E-state index contributed by atoms with van der Waals surface area (Å²) < 4.78 is 0. The number of halogens is 1. The number of nitrogens with two attached hydrogens (primary N) is 1. The predicted molar refractivity (Wildman–Crippen MR) is 64.6 cm³/mol. The quantitative estimate of drug-likeness (QED) is 0.489. The molecule has 1 aliphatic heterocycles. The Kier molecular flexibility index (Phi) is 2.96. The van der Waals surface area contributed by atoms with E-state index in [0.29, 0.717) is 16.3 Å². The van der Waals surface area contributed by atoms with Gasteiger partial charge in [0.2, 0.25) is 0 Å². The lowest BCUT2D eigenvalue weighted by atomic mass is 10.1. The van der Waals surface area contributed by atoms with Crippen LogP contribution in [0.2, 0.25) is 5.02 Å². The monoisotopic (exact) mass is 267 g/mol. The van der Waals surface area contributed by atoms with Gasteiger partial charge in [0.1, 0.15) is 0 Å². The van der Waals surface area contributed by atoms with E-state index in [4.69, 9.17) is 17.3 Å². The van der Waals surface area contributed by atoms with Gasteiger partial charge >= 0.3 is 17.8 Å². The molecule has 18 heavy (non-hydrogen) atoms. The molecule has 94 valence electrons. The van der Waals surface area contributed by atoms with Crippen molar-refractivity contribution in [3.05, 3.63) is 28.8 Å². The molecule has 6 nitrogen and oxygen atoms in total. The van der Waals surface area contributed by atoms with Crippen LogP contribution in [0.5, 0.6) is 0 Å². The highest BCUT2D eigenvalue weighted by Gasteiger charge is 2.42. The lowest BCUT2D eigenvalue weighted by molar-refractivity contribution is -0.143. The van der Waals surface area contributed by atoms with Crippen molar-refractivity contribution < 1.29 is 14.4 Å². The largest absolute Gasteiger partial charge is 0.398 e. The summed E-state index contributed by atoms with van der Waals surface area (Å²) in [6.45, 7) is -0.112. The van der Waals surface area contributed by atoms with Gasteiger partial charge in [-0.1, -0.05) is 17.7 Å². The molecule has 0 bridgehead atoms. The molecule has 2 rings (SSSR count). The Morgan fingerprint density at radius 2 is 1.89 bits per heavy atom. The molecule has 0 spiro atoms. The number of nitrogens with zero attached hydrogens (tertiary/aromatic N) is 2. The molecule has 1 aromatic rings. The highest BCUT2D eigenvalue weighted by atomic mass is 35.5. The van der Waals surface area contributed by atoms with E-state index in [0.717, 1.165) is 9.80 Å². The van der Waals surface area contributed by atoms with Crippen LogP contribution in [0.3, 0.4) is 0 Å². The van der Waals surface area contributed by atoms with Crippen LogP contribution in [0.4, 0.5) is 10.5 Å². The number of likely N-dealkylation sites (N-methyl/N-ethyl adjacent to an activating group) is 1. The Balaban J connectivity index is 2.33. The zero-order chi connectivity index (χ0) is 13.4. The number of rotatable bonds is 2. The molecule has 1 saturated heterocycles. The van der Waals surface area contributed by atoms with Gasteiger partial charge in [0.15, 0.2) is 0 Å². The molecule has 0 aromatic heterocycles. The first-order valence-corrected chi connectivity index (χ1v) is 5.47. The third-order valence-electron chi connectivity index (χ3n) is 2.72. The first-order chi connectivity index (χ1) is 8.43. The molecular formula is C11H10ClN3O3. The van der Waals surface area contributed by atoms with Crippen LogP contribution in [0.25, 0.3) is 0 Å². The molecule has 0 radical (unpaired) electrons. The maximum Gasteiger partial charge on any atom is 0.334 e. The van der Waals surface area contributed by atoms with E-state index in [1.165, 1.54) is 7.05 Å². The van der Waals surface area contributed by atoms with Gasteiger partial charge in [-0.3, -0.25) is 19.4 Å². The third kappa shape index (κ3) is 1.80. The minimum atomic E-state index is -0.873. The Labute approximate surface area is 108 Å². The highest BCUT2D eigenvalue weighted by Crippen LogP contribution is 2.25. The summed E-state index contributed by atoms with van der Waals surface area (Å²) in [5.74, 6) is -1.73. The molecule has 7 heteroatoms. The summed E-state index contributed by atoms with van der Waals surface area (Å²) >= 11 is 5.95. The summed E-state index contributed by atoms with van der Waals surface area (Å²) in [6.07, 6.45) is 0. The van der Waals surface area contributed by atoms with Gasteiger partial charge in [-0.25, -0.2) is 4.79 Å². The second-order valence-corrected chi connectivity index (χ2v) is 4.25. The van der Waals surface area contributed by atoms with Crippen molar-refractivity contribution in [2.75, 3.05) is 12.8 Å². The van der Waals surface area contributed by atoms with Crippen molar-refractivity contribution in [1.82, 2.24) is 9.80 Å². The van der Waals surface area contributed by atoms with Crippen LogP contribution in [-0.2, 0) is 16.1 Å². The maximum absolute atomic E-state index is 11.7. The topological polar surface area (TPSA) is 83.7 Å². The Bertz CT molecular complexity index is 538. The summed E-state index contributed by atoms with van der Waals surface area (Å²) in [5, 5.41) is 0.345. The van der Waals surface area contributed by atoms with E-state index < -0.39 is 17.8 Å². The zero-order valence-electron chi connectivity index (χ0n) is 9.51. The number of carbonyl (C=O) groups excluding carboxylic acids is 3. The van der Waals surface area contributed by atoms with Crippen LogP contribution >= 0.6 is 11.6 Å². The van der Waals surface area contributed by atoms with Crippen LogP contribution < -0.4 is 5.73 Å². The van der Waals surface area contributed by atoms with E-state index in [2.05, 4.69) is 0 Å². The number of carbonyl (C=O) groups is 3. The average Bonchev–Trinajstić information content (AvgIpc) is 2.51. The summed E-state index contributed by atoms with van der Waals surface area (Å²) in [4.78, 5) is 36.2. The standard InChI is InChI=1S/C11H10ClN3O3/c1-14-9(16)10(17)15(11(14)18)5-6-7(12)3-2-4-8(6)13/h2-4H,5,13H2,1H3. The molecule has 1 fully saturated rings. The van der Waals surface area contributed by atoms with Crippen LogP contribution in [-0.4, -0.2) is 34.7 Å². The number of imide groups is 2. The van der Waals surface area contributed by atoms with Gasteiger partial charge in [0.25, 0.3) is 0 Å². The van der Waals surface area contributed by atoms with Crippen molar-refractivity contribution in [2.45, 2.75) is 6.54 Å². The lowest BCUT2D eigenvalue weighted by Crippen LogP contribution is -2.31. The fourth-order valence-corrected chi connectivity index (χ4v) is 1.90. The van der Waals surface area contributed by atoms with Gasteiger partial charge in [-0.15, -0.1) is 0 Å². The molecule has 1 heterocycles. The SMILES string of the molecule is CN1C(=O)C(=O)N(Cc2c(N)cccc2Cl)C1=O. The zero-order valence-corrected chi connectivity index (χ0v) is 10.3. The molecule has 2 N–H and O–H groups in total. The van der Waals surface area contributed by atoms with E-state index in [1.807, 2.05) is 0 Å². The Hall–Kier alpha value is -2.08. The van der Waals surface area contributed by atoms with Crippen LogP contribution in [0.1, 0.15) is 5.56 Å². The molecule has 0 saturated carbocycles. The smallest absolute Gasteiger partial charge is 0.334 e. The summed E-state index contributed by atoms with van der Waals surface area (Å²) in [6, 6.07) is 4.19. The number of hydrogen-bond acceptors (Lipinski definition) is 4. The van der Waals surface area contributed by atoms with Crippen molar-refractivity contribution in [1.29, 1.82) is 0 Å². The minimum absolute atomic E-state index is 0.112. The highest BCUT2D eigenvalue weighted by molar-refractivity contribution is 6.44. The fraction of sp³-hybridized carbons (Fsp3) is 0.182. The molecule has 1 aromatic carbocycles. The number of nitrogen functional groups attached to an aromatic ring is 1. The van der Waals surface area contributed by atoms with Crippen molar-refractivity contribution >= 4 is 35.1 Å². The second kappa shape index (κ2) is 4.30. The minimum Gasteiger partial charge on any atom is -0.398 e. The molecule has 0 unspecified atom stereocenters. The number of benzene rings is 1. The van der Waals surface area contributed by atoms with Crippen LogP contribution in [0, 0.1) is 0 Å². The van der Waals surface area contributed by atoms with Gasteiger partial charge < -0.3 is 5.73 Å². The molecule has 0 aliphatic carbocycles. The van der Waals surface area contributed by atoms with Gasteiger partial charge in [0, 0.05) is 23.3 Å². The van der Waals surface area contributed by atoms with E-state index >= 15 is 0 Å². The van der Waals surface area contributed by atoms with E-state index in [1.54, 1.807) is 18.2 Å². The number of hydrogen-bond donors (Lipinski definition) is 1. The molecular weight excluding hydrogens is 258 g/mol. The van der Waals surface area contributed by atoms with E-state index in [-0.39, 0.29) is 6.54 Å². The average molecular weight is 268 g/mol. The molecule has 4 amide bonds. The summed E-state index contributed by atoms with van der Waals surface area (Å²) in [7, 11) is 1.25. The Morgan fingerprint density at radius 3 is 2.39 bits per heavy atom. The Morgan fingerprint density at radius 1 is 1.22 bits per heavy atom. The van der Waals surface area contributed by atoms with Crippen molar-refractivity contribution in [3.8, 4) is 0 Å². The second-order valence-electron chi connectivity index (χ2n) is 3.85. The normalized spacial score (nSPS) is 15.8. The van der Waals surface area contributed by atoms with Gasteiger partial charge in [-0.05, 0) is 12.1 Å². The predicted octanol–water partition coefficient (Wildman–Crippen LogP) is 0.843. The number of anilines is 1. The van der Waals surface area contributed by atoms with Gasteiger partial charge in [0.05, 0.1) is 6.54 Å². The first-order valence-electron chi connectivity index (χ1n) is 5.10. The fourth-order valence-electron chi connectivity index (χ4n) is 1.65. The molecule has 1 aliphatic rings. The van der Waals surface area contributed by atoms with Crippen molar-refractivity contribution in [2.24, 2.45) is 0 Å². The van der Waals surface area contributed by atoms with Crippen molar-refractivity contribution in [3.63, 3.8) is 0 Å². The maximum atomic E-state index is 11.7. The first kappa shape index (κ1) is 12.4. The van der Waals surface area contributed by atoms with Gasteiger partial charge in [-0.2, -0.15) is 0 Å². The third-order valence-corrected chi connectivity index (χ3v) is 3.08. The lowest BCUT2D eigenvalue weighted by Gasteiger charge is -2.15. The number of amides is 4.